The zero-order valence-corrected chi connectivity index (χ0v) is 12.6. The molecule has 1 fully saturated rings. The molecule has 1 aliphatic heterocycles. The molecule has 2 N–H and O–H groups in total. The highest BCUT2D eigenvalue weighted by Crippen LogP contribution is 2.33. The monoisotopic (exact) mass is 282 g/mol. The number of nitrogens with zero attached hydrogens (tertiary/aromatic N) is 1. The Morgan fingerprint density at radius 1 is 1.42 bits per heavy atom. The SMILES string of the molecule is CC(N)C(c1ccccc1Cl)N(C)C1CCOC1C. The number of likely N-dealkylation sites (N-methyl/N-ethyl adjacent to an activating group) is 1. The Hall–Kier alpha value is -0.610. The minimum absolute atomic E-state index is 0.0118. The van der Waals surface area contributed by atoms with Gasteiger partial charge in [0.05, 0.1) is 12.1 Å². The second-order valence-corrected chi connectivity index (χ2v) is 5.83. The topological polar surface area (TPSA) is 38.5 Å². The zero-order chi connectivity index (χ0) is 14.0. The summed E-state index contributed by atoms with van der Waals surface area (Å²) >= 11 is 6.34. The van der Waals surface area contributed by atoms with Crippen molar-refractivity contribution in [3.63, 3.8) is 0 Å². The maximum atomic E-state index is 6.34. The van der Waals surface area contributed by atoms with Gasteiger partial charge in [0.2, 0.25) is 0 Å². The molecule has 0 bridgehead atoms. The van der Waals surface area contributed by atoms with Crippen LogP contribution in [0.15, 0.2) is 24.3 Å². The smallest absolute Gasteiger partial charge is 0.0703 e. The largest absolute Gasteiger partial charge is 0.377 e. The first-order valence-corrected chi connectivity index (χ1v) is 7.23. The molecule has 0 amide bonds. The van der Waals surface area contributed by atoms with Crippen molar-refractivity contribution in [1.29, 1.82) is 0 Å². The summed E-state index contributed by atoms with van der Waals surface area (Å²) in [6.45, 7) is 4.98. The van der Waals surface area contributed by atoms with E-state index in [2.05, 4.69) is 24.9 Å². The second-order valence-electron chi connectivity index (χ2n) is 5.42. The molecular weight excluding hydrogens is 260 g/mol. The van der Waals surface area contributed by atoms with Crippen molar-refractivity contribution < 1.29 is 4.74 Å². The van der Waals surface area contributed by atoms with E-state index in [4.69, 9.17) is 22.1 Å². The molecule has 0 aromatic heterocycles. The summed E-state index contributed by atoms with van der Waals surface area (Å²) < 4.78 is 5.67. The molecule has 1 heterocycles. The van der Waals surface area contributed by atoms with E-state index in [9.17, 15) is 0 Å². The molecule has 106 valence electrons. The first-order valence-electron chi connectivity index (χ1n) is 6.86. The second kappa shape index (κ2) is 6.23. The van der Waals surface area contributed by atoms with Gasteiger partial charge in [-0.05, 0) is 38.9 Å². The van der Waals surface area contributed by atoms with Gasteiger partial charge in [0.15, 0.2) is 0 Å². The van der Waals surface area contributed by atoms with Gasteiger partial charge in [-0.3, -0.25) is 4.90 Å². The lowest BCUT2D eigenvalue weighted by atomic mass is 9.96. The molecule has 1 aromatic rings. The standard InChI is InChI=1S/C15H23ClN2O/c1-10(17)15(12-6-4-5-7-13(12)16)18(3)14-8-9-19-11(14)2/h4-7,10-11,14-15H,8-9,17H2,1-3H3. The summed E-state index contributed by atoms with van der Waals surface area (Å²) in [7, 11) is 2.12. The average molecular weight is 283 g/mol. The van der Waals surface area contributed by atoms with Crippen LogP contribution >= 0.6 is 11.6 Å². The predicted octanol–water partition coefficient (Wildman–Crippen LogP) is 2.84. The fraction of sp³-hybridized carbons (Fsp3) is 0.600. The number of rotatable bonds is 4. The van der Waals surface area contributed by atoms with E-state index in [1.807, 2.05) is 25.1 Å². The third kappa shape index (κ3) is 3.11. The summed E-state index contributed by atoms with van der Waals surface area (Å²) in [5.41, 5.74) is 7.31. The molecule has 0 radical (unpaired) electrons. The van der Waals surface area contributed by atoms with Crippen molar-refractivity contribution in [2.75, 3.05) is 13.7 Å². The fourth-order valence-electron chi connectivity index (χ4n) is 3.05. The molecular formula is C15H23ClN2O. The number of hydrogen-bond acceptors (Lipinski definition) is 3. The summed E-state index contributed by atoms with van der Waals surface area (Å²) in [4.78, 5) is 2.32. The van der Waals surface area contributed by atoms with Crippen LogP contribution < -0.4 is 5.73 Å². The van der Waals surface area contributed by atoms with E-state index in [1.54, 1.807) is 0 Å². The van der Waals surface area contributed by atoms with Gasteiger partial charge in [0.1, 0.15) is 0 Å². The average Bonchev–Trinajstić information content (AvgIpc) is 2.77. The quantitative estimate of drug-likeness (QED) is 0.923. The lowest BCUT2D eigenvalue weighted by Crippen LogP contribution is -2.45. The zero-order valence-electron chi connectivity index (χ0n) is 11.8. The van der Waals surface area contributed by atoms with Gasteiger partial charge in [0.25, 0.3) is 0 Å². The van der Waals surface area contributed by atoms with Crippen LogP contribution in [0.5, 0.6) is 0 Å². The minimum atomic E-state index is 0.0118. The van der Waals surface area contributed by atoms with E-state index in [0.717, 1.165) is 23.6 Å². The molecule has 3 nitrogen and oxygen atoms in total. The van der Waals surface area contributed by atoms with Crippen LogP contribution in [-0.4, -0.2) is 36.7 Å². The van der Waals surface area contributed by atoms with Crippen molar-refractivity contribution in [1.82, 2.24) is 4.90 Å². The van der Waals surface area contributed by atoms with Gasteiger partial charge in [-0.1, -0.05) is 29.8 Å². The molecule has 4 unspecified atom stereocenters. The van der Waals surface area contributed by atoms with Gasteiger partial charge < -0.3 is 10.5 Å². The Labute approximate surface area is 120 Å². The Balaban J connectivity index is 2.28. The first-order chi connectivity index (χ1) is 9.02. The number of ether oxygens (including phenoxy) is 1. The molecule has 4 heteroatoms. The Kier molecular flexibility index (Phi) is 4.85. The van der Waals surface area contributed by atoms with Crippen molar-refractivity contribution in [2.24, 2.45) is 5.73 Å². The maximum Gasteiger partial charge on any atom is 0.0703 e. The number of hydrogen-bond donors (Lipinski definition) is 1. The van der Waals surface area contributed by atoms with E-state index < -0.39 is 0 Å². The van der Waals surface area contributed by atoms with Crippen LogP contribution in [0, 0.1) is 0 Å². The summed E-state index contributed by atoms with van der Waals surface area (Å²) in [6.07, 6.45) is 1.29. The lowest BCUT2D eigenvalue weighted by molar-refractivity contribution is 0.0626. The fourth-order valence-corrected chi connectivity index (χ4v) is 3.30. The van der Waals surface area contributed by atoms with Crippen LogP contribution in [0.1, 0.15) is 31.9 Å². The maximum absolute atomic E-state index is 6.34. The molecule has 1 aromatic carbocycles. The highest BCUT2D eigenvalue weighted by molar-refractivity contribution is 6.31. The molecule has 1 saturated heterocycles. The summed E-state index contributed by atoms with van der Waals surface area (Å²) in [5, 5.41) is 0.781. The van der Waals surface area contributed by atoms with Crippen molar-refractivity contribution >= 4 is 11.6 Å². The van der Waals surface area contributed by atoms with Crippen molar-refractivity contribution in [3.05, 3.63) is 34.9 Å². The lowest BCUT2D eigenvalue weighted by Gasteiger charge is -2.37. The highest BCUT2D eigenvalue weighted by atomic mass is 35.5. The van der Waals surface area contributed by atoms with E-state index in [1.165, 1.54) is 0 Å². The van der Waals surface area contributed by atoms with E-state index >= 15 is 0 Å². The van der Waals surface area contributed by atoms with Crippen molar-refractivity contribution in [2.45, 2.75) is 44.5 Å². The van der Waals surface area contributed by atoms with E-state index in [-0.39, 0.29) is 18.2 Å². The van der Waals surface area contributed by atoms with Crippen LogP contribution in [0.3, 0.4) is 0 Å². The van der Waals surface area contributed by atoms with Gasteiger partial charge in [-0.25, -0.2) is 0 Å². The van der Waals surface area contributed by atoms with Crippen molar-refractivity contribution in [3.8, 4) is 0 Å². The summed E-state index contributed by atoms with van der Waals surface area (Å²) in [6, 6.07) is 8.47. The summed E-state index contributed by atoms with van der Waals surface area (Å²) in [5.74, 6) is 0. The van der Waals surface area contributed by atoms with Crippen LogP contribution in [-0.2, 0) is 4.74 Å². The molecule has 0 aliphatic carbocycles. The molecule has 2 rings (SSSR count). The molecule has 4 atom stereocenters. The van der Waals surface area contributed by atoms with Crippen LogP contribution in [0.2, 0.25) is 5.02 Å². The normalized spacial score (nSPS) is 26.6. The Morgan fingerprint density at radius 2 is 2.11 bits per heavy atom. The molecule has 0 saturated carbocycles. The Bertz CT molecular complexity index is 424. The van der Waals surface area contributed by atoms with Crippen LogP contribution in [0.25, 0.3) is 0 Å². The van der Waals surface area contributed by atoms with Gasteiger partial charge in [0, 0.05) is 23.7 Å². The van der Waals surface area contributed by atoms with Crippen LogP contribution in [0.4, 0.5) is 0 Å². The molecule has 19 heavy (non-hydrogen) atoms. The van der Waals surface area contributed by atoms with Gasteiger partial charge in [-0.15, -0.1) is 0 Å². The third-order valence-corrected chi connectivity index (χ3v) is 4.36. The number of nitrogens with two attached hydrogens (primary N) is 1. The van der Waals surface area contributed by atoms with E-state index in [0.29, 0.717) is 6.04 Å². The Morgan fingerprint density at radius 3 is 2.63 bits per heavy atom. The first kappa shape index (κ1) is 14.8. The third-order valence-electron chi connectivity index (χ3n) is 4.02. The predicted molar refractivity (Wildman–Crippen MR) is 79.4 cm³/mol. The van der Waals surface area contributed by atoms with Gasteiger partial charge >= 0.3 is 0 Å². The number of halogens is 1. The minimum Gasteiger partial charge on any atom is -0.377 e. The molecule has 1 aliphatic rings. The molecule has 0 spiro atoms. The highest BCUT2D eigenvalue weighted by Gasteiger charge is 2.34. The number of benzene rings is 1. The van der Waals surface area contributed by atoms with Gasteiger partial charge in [-0.2, -0.15) is 0 Å².